The Labute approximate surface area is 126 Å². The molecule has 21 heavy (non-hydrogen) atoms. The molecule has 0 saturated carbocycles. The smallest absolute Gasteiger partial charge is 0.308 e. The van der Waals surface area contributed by atoms with E-state index in [1.807, 2.05) is 40.7 Å². The largest absolute Gasteiger partial charge is 0.481 e. The van der Waals surface area contributed by atoms with Crippen LogP contribution < -0.4 is 5.32 Å². The fourth-order valence-corrected chi connectivity index (χ4v) is 2.31. The average molecular weight is 289 g/mol. The van der Waals surface area contributed by atoms with Crippen LogP contribution in [0.3, 0.4) is 0 Å². The molecule has 0 saturated heterocycles. The molecule has 0 aliphatic carbocycles. The zero-order chi connectivity index (χ0) is 16.2. The van der Waals surface area contributed by atoms with Crippen LogP contribution in [-0.4, -0.2) is 22.6 Å². The first-order valence-electron chi connectivity index (χ1n) is 6.99. The van der Waals surface area contributed by atoms with Crippen molar-refractivity contribution < 1.29 is 9.90 Å². The highest BCUT2D eigenvalue weighted by Crippen LogP contribution is 2.25. The van der Waals surface area contributed by atoms with Gasteiger partial charge >= 0.3 is 5.97 Å². The van der Waals surface area contributed by atoms with Crippen molar-refractivity contribution in [1.29, 1.82) is 5.26 Å². The van der Waals surface area contributed by atoms with E-state index in [1.165, 1.54) is 0 Å². The van der Waals surface area contributed by atoms with Gasteiger partial charge in [0.15, 0.2) is 0 Å². The Balaban J connectivity index is 2.91. The number of hydrogen-bond acceptors (Lipinski definition) is 4. The SMILES string of the molecule is Cc1cc(C)c(C#N)c(NCC(CC(C)(C)C)C(=O)O)n1. The van der Waals surface area contributed by atoms with Gasteiger partial charge in [-0.2, -0.15) is 5.26 Å². The lowest BCUT2D eigenvalue weighted by Gasteiger charge is -2.23. The first kappa shape index (κ1) is 17.0. The third kappa shape index (κ3) is 5.07. The van der Waals surface area contributed by atoms with E-state index in [4.69, 9.17) is 0 Å². The van der Waals surface area contributed by atoms with Crippen molar-refractivity contribution in [3.8, 4) is 6.07 Å². The van der Waals surface area contributed by atoms with Crippen molar-refractivity contribution in [1.82, 2.24) is 4.98 Å². The summed E-state index contributed by atoms with van der Waals surface area (Å²) in [6, 6.07) is 3.96. The first-order valence-corrected chi connectivity index (χ1v) is 6.99. The second-order valence-electron chi connectivity index (χ2n) is 6.60. The minimum Gasteiger partial charge on any atom is -0.481 e. The zero-order valence-electron chi connectivity index (χ0n) is 13.3. The summed E-state index contributed by atoms with van der Waals surface area (Å²) < 4.78 is 0. The second-order valence-corrected chi connectivity index (χ2v) is 6.60. The molecule has 1 aromatic heterocycles. The molecule has 1 heterocycles. The molecule has 0 aliphatic rings. The number of carbonyl (C=O) groups is 1. The molecule has 0 amide bonds. The standard InChI is InChI=1S/C16H23N3O2/c1-10-6-11(2)19-14(13(10)8-17)18-9-12(15(20)21)7-16(3,4)5/h6,12H,7,9H2,1-5H3,(H,18,19)(H,20,21). The van der Waals surface area contributed by atoms with Crippen molar-refractivity contribution in [3.05, 3.63) is 22.9 Å². The molecule has 2 N–H and O–H groups in total. The summed E-state index contributed by atoms with van der Waals surface area (Å²) >= 11 is 0. The maximum Gasteiger partial charge on any atom is 0.308 e. The minimum atomic E-state index is -0.833. The summed E-state index contributed by atoms with van der Waals surface area (Å²) in [6.07, 6.45) is 0.558. The molecule has 0 bridgehead atoms. The third-order valence-electron chi connectivity index (χ3n) is 3.18. The summed E-state index contributed by atoms with van der Waals surface area (Å²) in [4.78, 5) is 15.7. The number of pyridine rings is 1. The van der Waals surface area contributed by atoms with E-state index < -0.39 is 11.9 Å². The Hall–Kier alpha value is -2.09. The fourth-order valence-electron chi connectivity index (χ4n) is 2.31. The molecular weight excluding hydrogens is 266 g/mol. The number of aryl methyl sites for hydroxylation is 2. The van der Waals surface area contributed by atoms with Crippen LogP contribution in [0.15, 0.2) is 6.07 Å². The van der Waals surface area contributed by atoms with Gasteiger partial charge in [-0.3, -0.25) is 4.79 Å². The second kappa shape index (κ2) is 6.57. The van der Waals surface area contributed by atoms with Gasteiger partial charge in [-0.15, -0.1) is 0 Å². The van der Waals surface area contributed by atoms with Crippen LogP contribution in [0.4, 0.5) is 5.82 Å². The Kier molecular flexibility index (Phi) is 5.31. The van der Waals surface area contributed by atoms with Crippen LogP contribution >= 0.6 is 0 Å². The third-order valence-corrected chi connectivity index (χ3v) is 3.18. The molecule has 1 rings (SSSR count). The van der Waals surface area contributed by atoms with Crippen molar-refractivity contribution in [2.45, 2.75) is 41.0 Å². The molecular formula is C16H23N3O2. The Morgan fingerprint density at radius 2 is 2.10 bits per heavy atom. The highest BCUT2D eigenvalue weighted by Gasteiger charge is 2.25. The van der Waals surface area contributed by atoms with Crippen LogP contribution in [0.1, 0.15) is 44.0 Å². The van der Waals surface area contributed by atoms with Crippen molar-refractivity contribution in [2.24, 2.45) is 11.3 Å². The lowest BCUT2D eigenvalue weighted by molar-refractivity contribution is -0.142. The van der Waals surface area contributed by atoms with E-state index in [-0.39, 0.29) is 12.0 Å². The maximum atomic E-state index is 11.4. The number of aromatic nitrogens is 1. The van der Waals surface area contributed by atoms with Gasteiger partial charge in [0.2, 0.25) is 0 Å². The Bertz CT molecular complexity index is 568. The van der Waals surface area contributed by atoms with Crippen molar-refractivity contribution in [2.75, 3.05) is 11.9 Å². The summed E-state index contributed by atoms with van der Waals surface area (Å²) in [5.41, 5.74) is 2.05. The lowest BCUT2D eigenvalue weighted by Crippen LogP contribution is -2.28. The number of nitrogens with one attached hydrogen (secondary N) is 1. The van der Waals surface area contributed by atoms with Gasteiger partial charge in [0.05, 0.1) is 11.5 Å². The number of anilines is 1. The van der Waals surface area contributed by atoms with E-state index in [1.54, 1.807) is 0 Å². The number of hydrogen-bond donors (Lipinski definition) is 2. The summed E-state index contributed by atoms with van der Waals surface area (Å²) in [5.74, 6) is -0.880. The predicted molar refractivity (Wildman–Crippen MR) is 82.1 cm³/mol. The molecule has 0 radical (unpaired) electrons. The van der Waals surface area contributed by atoms with Crippen molar-refractivity contribution >= 4 is 11.8 Å². The molecule has 0 aromatic carbocycles. The van der Waals surface area contributed by atoms with E-state index >= 15 is 0 Å². The number of carboxylic acid groups (broad SMARTS) is 1. The first-order chi connectivity index (χ1) is 9.64. The molecule has 0 fully saturated rings. The Morgan fingerprint density at radius 1 is 1.48 bits per heavy atom. The van der Waals surface area contributed by atoms with Crippen LogP contribution in [0.25, 0.3) is 0 Å². The van der Waals surface area contributed by atoms with Gasteiger partial charge in [0, 0.05) is 12.2 Å². The lowest BCUT2D eigenvalue weighted by atomic mass is 9.84. The fraction of sp³-hybridized carbons (Fsp3) is 0.562. The predicted octanol–water partition coefficient (Wildman–Crippen LogP) is 3.12. The van der Waals surface area contributed by atoms with Crippen LogP contribution in [-0.2, 0) is 4.79 Å². The van der Waals surface area contributed by atoms with E-state index in [9.17, 15) is 15.2 Å². The summed E-state index contributed by atoms with van der Waals surface area (Å²) in [5, 5.41) is 21.6. The van der Waals surface area contributed by atoms with Gasteiger partial charge in [0.25, 0.3) is 0 Å². The molecule has 1 atom stereocenters. The number of carboxylic acids is 1. The van der Waals surface area contributed by atoms with Crippen LogP contribution in [0.2, 0.25) is 0 Å². The van der Waals surface area contributed by atoms with E-state index in [0.29, 0.717) is 17.8 Å². The van der Waals surface area contributed by atoms with E-state index in [2.05, 4.69) is 16.4 Å². The van der Waals surface area contributed by atoms with Gasteiger partial charge < -0.3 is 10.4 Å². The number of nitrogens with zero attached hydrogens (tertiary/aromatic N) is 2. The Morgan fingerprint density at radius 3 is 2.57 bits per heavy atom. The molecule has 1 unspecified atom stereocenters. The van der Waals surface area contributed by atoms with Crippen LogP contribution in [0, 0.1) is 36.5 Å². The highest BCUT2D eigenvalue weighted by atomic mass is 16.4. The van der Waals surface area contributed by atoms with Crippen LogP contribution in [0.5, 0.6) is 0 Å². The quantitative estimate of drug-likeness (QED) is 0.869. The highest BCUT2D eigenvalue weighted by molar-refractivity contribution is 5.71. The molecule has 114 valence electrons. The average Bonchev–Trinajstić information content (AvgIpc) is 2.32. The molecule has 5 heteroatoms. The molecule has 1 aromatic rings. The number of nitriles is 1. The van der Waals surface area contributed by atoms with Gasteiger partial charge in [-0.05, 0) is 37.3 Å². The maximum absolute atomic E-state index is 11.4. The molecule has 0 aliphatic heterocycles. The zero-order valence-corrected chi connectivity index (χ0v) is 13.3. The summed E-state index contributed by atoms with van der Waals surface area (Å²) in [7, 11) is 0. The number of rotatable bonds is 5. The van der Waals surface area contributed by atoms with Crippen molar-refractivity contribution in [3.63, 3.8) is 0 Å². The topological polar surface area (TPSA) is 86.0 Å². The van der Waals surface area contributed by atoms with Gasteiger partial charge in [0.1, 0.15) is 11.9 Å². The number of aliphatic carboxylic acids is 1. The summed E-state index contributed by atoms with van der Waals surface area (Å²) in [6.45, 7) is 10.00. The normalized spacial score (nSPS) is 12.6. The van der Waals surface area contributed by atoms with Gasteiger partial charge in [-0.25, -0.2) is 4.98 Å². The monoisotopic (exact) mass is 289 g/mol. The van der Waals surface area contributed by atoms with E-state index in [0.717, 1.165) is 11.3 Å². The molecule has 5 nitrogen and oxygen atoms in total. The van der Waals surface area contributed by atoms with Gasteiger partial charge in [-0.1, -0.05) is 20.8 Å². The molecule has 0 spiro atoms. The minimum absolute atomic E-state index is 0.0707.